The van der Waals surface area contributed by atoms with Gasteiger partial charge in [-0.3, -0.25) is 9.48 Å². The van der Waals surface area contributed by atoms with E-state index in [9.17, 15) is 9.90 Å². The Morgan fingerprint density at radius 1 is 1.36 bits per heavy atom. The Morgan fingerprint density at radius 3 is 2.68 bits per heavy atom. The Bertz CT molecular complexity index is 644. The highest BCUT2D eigenvalue weighted by Gasteiger charge is 2.27. The summed E-state index contributed by atoms with van der Waals surface area (Å²) in [5.74, 6) is 0.898. The highest BCUT2D eigenvalue weighted by Crippen LogP contribution is 2.30. The van der Waals surface area contributed by atoms with E-state index in [0.29, 0.717) is 18.0 Å². The molecule has 1 N–H and O–H groups in total. The van der Waals surface area contributed by atoms with E-state index in [1.54, 1.807) is 29.2 Å². The molecule has 0 unspecified atom stereocenters. The second kappa shape index (κ2) is 6.22. The van der Waals surface area contributed by atoms with E-state index in [-0.39, 0.29) is 11.7 Å². The van der Waals surface area contributed by atoms with Crippen LogP contribution in [0.25, 0.3) is 0 Å². The number of nitrogens with zero attached hydrogens (tertiary/aromatic N) is 3. The third kappa shape index (κ3) is 3.47. The van der Waals surface area contributed by atoms with E-state index in [1.807, 2.05) is 24.0 Å². The summed E-state index contributed by atoms with van der Waals surface area (Å²) in [4.78, 5) is 14.6. The van der Waals surface area contributed by atoms with E-state index in [1.165, 1.54) is 12.8 Å². The van der Waals surface area contributed by atoms with Crippen LogP contribution in [-0.2, 0) is 13.1 Å². The van der Waals surface area contributed by atoms with Gasteiger partial charge < -0.3 is 10.0 Å². The molecule has 1 saturated carbocycles. The van der Waals surface area contributed by atoms with Gasteiger partial charge in [-0.15, -0.1) is 0 Å². The van der Waals surface area contributed by atoms with Crippen molar-refractivity contribution in [1.29, 1.82) is 0 Å². The molecule has 0 aliphatic heterocycles. The molecule has 5 nitrogen and oxygen atoms in total. The van der Waals surface area contributed by atoms with Crippen molar-refractivity contribution in [2.45, 2.75) is 32.9 Å². The van der Waals surface area contributed by atoms with Gasteiger partial charge in [0.05, 0.1) is 11.8 Å². The molecule has 5 heteroatoms. The molecule has 1 aliphatic rings. The maximum absolute atomic E-state index is 12.7. The predicted molar refractivity (Wildman–Crippen MR) is 83.5 cm³/mol. The number of carbonyl (C=O) groups excluding carboxylic acids is 1. The highest BCUT2D eigenvalue weighted by molar-refractivity contribution is 5.93. The lowest BCUT2D eigenvalue weighted by atomic mass is 10.2. The number of carbonyl (C=O) groups is 1. The monoisotopic (exact) mass is 299 g/mol. The first-order chi connectivity index (χ1) is 10.7. The van der Waals surface area contributed by atoms with Crippen molar-refractivity contribution in [3.8, 4) is 5.75 Å². The average Bonchev–Trinajstić information content (AvgIpc) is 3.21. The molecule has 3 rings (SSSR count). The van der Waals surface area contributed by atoms with Crippen LogP contribution < -0.4 is 0 Å². The number of aryl methyl sites for hydroxylation is 1. The fourth-order valence-electron chi connectivity index (χ4n) is 2.48. The summed E-state index contributed by atoms with van der Waals surface area (Å²) in [6, 6.07) is 7.03. The summed E-state index contributed by atoms with van der Waals surface area (Å²) < 4.78 is 1.77. The van der Waals surface area contributed by atoms with Crippen LogP contribution in [0.4, 0.5) is 0 Å². The lowest BCUT2D eigenvalue weighted by Gasteiger charge is -2.22. The minimum Gasteiger partial charge on any atom is -0.508 e. The molecule has 1 heterocycles. The zero-order valence-electron chi connectivity index (χ0n) is 12.8. The van der Waals surface area contributed by atoms with Crippen molar-refractivity contribution in [3.63, 3.8) is 0 Å². The number of phenolic OH excluding ortho intramolecular Hbond substituents is 1. The zero-order chi connectivity index (χ0) is 15.5. The van der Waals surface area contributed by atoms with Crippen molar-refractivity contribution in [2.24, 2.45) is 5.92 Å². The molecule has 1 aliphatic carbocycles. The standard InChI is InChI=1S/C17H21N3O2/c1-2-20-12-15(9-18-20)17(22)19(10-13-3-4-13)11-14-5-7-16(21)8-6-14/h5-9,12-13,21H,2-4,10-11H2,1H3. The van der Waals surface area contributed by atoms with Gasteiger partial charge in [-0.05, 0) is 43.4 Å². The van der Waals surface area contributed by atoms with Crippen LogP contribution in [0, 0.1) is 5.92 Å². The van der Waals surface area contributed by atoms with Gasteiger partial charge in [-0.2, -0.15) is 5.10 Å². The van der Waals surface area contributed by atoms with Gasteiger partial charge in [0.25, 0.3) is 5.91 Å². The summed E-state index contributed by atoms with van der Waals surface area (Å²) >= 11 is 0. The molecule has 1 aromatic heterocycles. The molecule has 22 heavy (non-hydrogen) atoms. The summed E-state index contributed by atoms with van der Waals surface area (Å²) in [5, 5.41) is 13.6. The number of hydrogen-bond donors (Lipinski definition) is 1. The summed E-state index contributed by atoms with van der Waals surface area (Å²) in [7, 11) is 0. The Hall–Kier alpha value is -2.30. The first kappa shape index (κ1) is 14.6. The lowest BCUT2D eigenvalue weighted by Crippen LogP contribution is -2.32. The van der Waals surface area contributed by atoms with E-state index in [0.717, 1.165) is 18.7 Å². The minimum atomic E-state index is 0.0275. The van der Waals surface area contributed by atoms with Gasteiger partial charge >= 0.3 is 0 Å². The second-order valence-electron chi connectivity index (χ2n) is 5.88. The Labute approximate surface area is 130 Å². The molecule has 1 amide bonds. The smallest absolute Gasteiger partial charge is 0.257 e. The Balaban J connectivity index is 1.75. The number of phenols is 1. The molecule has 1 aromatic carbocycles. The maximum atomic E-state index is 12.7. The van der Waals surface area contributed by atoms with Crippen LogP contribution >= 0.6 is 0 Å². The topological polar surface area (TPSA) is 58.4 Å². The number of hydrogen-bond acceptors (Lipinski definition) is 3. The van der Waals surface area contributed by atoms with Gasteiger partial charge in [0.15, 0.2) is 0 Å². The van der Waals surface area contributed by atoms with Crippen molar-refractivity contribution in [3.05, 3.63) is 47.8 Å². The number of rotatable bonds is 6. The quantitative estimate of drug-likeness (QED) is 0.892. The normalized spacial score (nSPS) is 14.0. The fourth-order valence-corrected chi connectivity index (χ4v) is 2.48. The van der Waals surface area contributed by atoms with Crippen molar-refractivity contribution < 1.29 is 9.90 Å². The van der Waals surface area contributed by atoms with Gasteiger partial charge in [0.1, 0.15) is 5.75 Å². The third-order valence-corrected chi connectivity index (χ3v) is 3.98. The first-order valence-corrected chi connectivity index (χ1v) is 7.75. The number of aromatic nitrogens is 2. The van der Waals surface area contributed by atoms with E-state index in [4.69, 9.17) is 0 Å². The summed E-state index contributed by atoms with van der Waals surface area (Å²) in [6.07, 6.45) is 5.85. The first-order valence-electron chi connectivity index (χ1n) is 7.75. The van der Waals surface area contributed by atoms with Crippen LogP contribution in [0.3, 0.4) is 0 Å². The molecule has 0 bridgehead atoms. The van der Waals surface area contributed by atoms with Crippen LogP contribution in [0.15, 0.2) is 36.7 Å². The van der Waals surface area contributed by atoms with Crippen molar-refractivity contribution >= 4 is 5.91 Å². The lowest BCUT2D eigenvalue weighted by molar-refractivity contribution is 0.0735. The van der Waals surface area contributed by atoms with Crippen LogP contribution in [-0.4, -0.2) is 32.2 Å². The van der Waals surface area contributed by atoms with Gasteiger partial charge in [0.2, 0.25) is 0 Å². The van der Waals surface area contributed by atoms with Crippen LogP contribution in [0.2, 0.25) is 0 Å². The fraction of sp³-hybridized carbons (Fsp3) is 0.412. The summed E-state index contributed by atoms with van der Waals surface area (Å²) in [6.45, 7) is 4.11. The molecule has 0 radical (unpaired) electrons. The molecule has 116 valence electrons. The van der Waals surface area contributed by atoms with Gasteiger partial charge in [0, 0.05) is 25.8 Å². The molecular formula is C17H21N3O2. The third-order valence-electron chi connectivity index (χ3n) is 3.98. The number of aromatic hydroxyl groups is 1. The Kier molecular flexibility index (Phi) is 4.13. The maximum Gasteiger partial charge on any atom is 0.257 e. The van der Waals surface area contributed by atoms with Crippen molar-refractivity contribution in [2.75, 3.05) is 6.54 Å². The molecule has 0 spiro atoms. The average molecular weight is 299 g/mol. The van der Waals surface area contributed by atoms with E-state index in [2.05, 4.69) is 5.10 Å². The van der Waals surface area contributed by atoms with Crippen molar-refractivity contribution in [1.82, 2.24) is 14.7 Å². The van der Waals surface area contributed by atoms with Gasteiger partial charge in [-0.1, -0.05) is 12.1 Å². The summed E-state index contributed by atoms with van der Waals surface area (Å²) in [5.41, 5.74) is 1.66. The molecule has 0 atom stereocenters. The highest BCUT2D eigenvalue weighted by atomic mass is 16.3. The van der Waals surface area contributed by atoms with Gasteiger partial charge in [-0.25, -0.2) is 0 Å². The predicted octanol–water partition coefficient (Wildman–Crippen LogP) is 2.66. The number of amides is 1. The van der Waals surface area contributed by atoms with Crippen LogP contribution in [0.5, 0.6) is 5.75 Å². The minimum absolute atomic E-state index is 0.0275. The van der Waals surface area contributed by atoms with E-state index < -0.39 is 0 Å². The SMILES string of the molecule is CCn1cc(C(=O)N(Cc2ccc(O)cc2)CC2CC2)cn1. The number of benzene rings is 1. The van der Waals surface area contributed by atoms with Crippen LogP contribution in [0.1, 0.15) is 35.7 Å². The second-order valence-corrected chi connectivity index (χ2v) is 5.88. The molecule has 0 saturated heterocycles. The molecular weight excluding hydrogens is 278 g/mol. The molecule has 1 fully saturated rings. The Morgan fingerprint density at radius 2 is 2.09 bits per heavy atom. The van der Waals surface area contributed by atoms with E-state index >= 15 is 0 Å². The molecule has 2 aromatic rings. The zero-order valence-corrected chi connectivity index (χ0v) is 12.8. The largest absolute Gasteiger partial charge is 0.508 e.